The molecule has 0 aliphatic carbocycles. The Kier molecular flexibility index (Phi) is 4.09. The lowest BCUT2D eigenvalue weighted by atomic mass is 10.3. The maximum Gasteiger partial charge on any atom is 0.262 e. The van der Waals surface area contributed by atoms with Gasteiger partial charge in [0, 0.05) is 19.5 Å². The quantitative estimate of drug-likeness (QED) is 0.888. The van der Waals surface area contributed by atoms with Crippen LogP contribution in [-0.2, 0) is 11.3 Å². The van der Waals surface area contributed by atoms with Crippen molar-refractivity contribution in [3.8, 4) is 0 Å². The van der Waals surface area contributed by atoms with Crippen LogP contribution in [0.3, 0.4) is 0 Å². The van der Waals surface area contributed by atoms with Crippen molar-refractivity contribution in [1.29, 1.82) is 0 Å². The fourth-order valence-electron chi connectivity index (χ4n) is 1.63. The Bertz CT molecular complexity index is 603. The molecule has 1 amide bonds. The first kappa shape index (κ1) is 12.8. The van der Waals surface area contributed by atoms with E-state index in [0.29, 0.717) is 24.9 Å². The molecule has 0 aliphatic rings. The van der Waals surface area contributed by atoms with Crippen molar-refractivity contribution in [1.82, 2.24) is 14.9 Å². The first-order chi connectivity index (χ1) is 8.72. The molecular formula is C12H15N3O2S. The molecular weight excluding hydrogens is 250 g/mol. The molecule has 0 fully saturated rings. The van der Waals surface area contributed by atoms with E-state index < -0.39 is 0 Å². The van der Waals surface area contributed by atoms with Crippen LogP contribution in [-0.4, -0.2) is 22.0 Å². The van der Waals surface area contributed by atoms with Crippen LogP contribution in [0.4, 0.5) is 0 Å². The monoisotopic (exact) mass is 265 g/mol. The van der Waals surface area contributed by atoms with Crippen molar-refractivity contribution >= 4 is 27.5 Å². The topological polar surface area (TPSA) is 64.0 Å². The molecule has 0 bridgehead atoms. The number of aromatic nitrogens is 2. The summed E-state index contributed by atoms with van der Waals surface area (Å²) in [5, 5.41) is 5.25. The minimum Gasteiger partial charge on any atom is -0.356 e. The standard InChI is InChI=1S/C12H15N3O2S/c1-2-5-13-10(16)3-6-15-8-14-11-9(12(15)17)4-7-18-11/h4,7-8H,2-3,5-6H2,1H3,(H,13,16). The van der Waals surface area contributed by atoms with Crippen LogP contribution in [0.1, 0.15) is 19.8 Å². The molecule has 0 saturated heterocycles. The van der Waals surface area contributed by atoms with Gasteiger partial charge in [-0.15, -0.1) is 11.3 Å². The smallest absolute Gasteiger partial charge is 0.262 e. The Morgan fingerprint density at radius 3 is 3.17 bits per heavy atom. The predicted molar refractivity (Wildman–Crippen MR) is 71.8 cm³/mol. The summed E-state index contributed by atoms with van der Waals surface area (Å²) in [5.41, 5.74) is -0.0791. The average Bonchev–Trinajstić information content (AvgIpc) is 2.84. The SMILES string of the molecule is CCCNC(=O)CCn1cnc2sccc2c1=O. The van der Waals surface area contributed by atoms with E-state index in [1.807, 2.05) is 12.3 Å². The maximum atomic E-state index is 12.0. The van der Waals surface area contributed by atoms with Crippen molar-refractivity contribution in [2.75, 3.05) is 6.54 Å². The van der Waals surface area contributed by atoms with Crippen LogP contribution in [0.5, 0.6) is 0 Å². The summed E-state index contributed by atoms with van der Waals surface area (Å²) in [6, 6.07) is 1.77. The molecule has 0 unspecified atom stereocenters. The lowest BCUT2D eigenvalue weighted by molar-refractivity contribution is -0.121. The normalized spacial score (nSPS) is 10.7. The third-order valence-corrected chi connectivity index (χ3v) is 3.42. The van der Waals surface area contributed by atoms with E-state index in [0.717, 1.165) is 11.3 Å². The number of nitrogens with one attached hydrogen (secondary N) is 1. The van der Waals surface area contributed by atoms with Crippen LogP contribution in [0.2, 0.25) is 0 Å². The maximum absolute atomic E-state index is 12.0. The second-order valence-corrected chi connectivity index (χ2v) is 4.88. The van der Waals surface area contributed by atoms with Crippen LogP contribution >= 0.6 is 11.3 Å². The minimum atomic E-state index is -0.0791. The van der Waals surface area contributed by atoms with Crippen LogP contribution in [0.15, 0.2) is 22.6 Å². The number of hydrogen-bond donors (Lipinski definition) is 1. The molecule has 96 valence electrons. The van der Waals surface area contributed by atoms with E-state index in [2.05, 4.69) is 10.3 Å². The molecule has 0 spiro atoms. The number of nitrogens with zero attached hydrogens (tertiary/aromatic N) is 2. The molecule has 2 heterocycles. The molecule has 5 nitrogen and oxygen atoms in total. The molecule has 2 rings (SSSR count). The minimum absolute atomic E-state index is 0.0332. The largest absolute Gasteiger partial charge is 0.356 e. The molecule has 0 saturated carbocycles. The highest BCUT2D eigenvalue weighted by Gasteiger charge is 2.06. The third kappa shape index (κ3) is 2.76. The molecule has 2 aromatic rings. The zero-order chi connectivity index (χ0) is 13.0. The van der Waals surface area contributed by atoms with E-state index in [9.17, 15) is 9.59 Å². The summed E-state index contributed by atoms with van der Waals surface area (Å²) in [6.45, 7) is 3.04. The molecule has 0 radical (unpaired) electrons. The van der Waals surface area contributed by atoms with Crippen molar-refractivity contribution < 1.29 is 4.79 Å². The molecule has 2 aromatic heterocycles. The Balaban J connectivity index is 2.06. The van der Waals surface area contributed by atoms with Crippen molar-refractivity contribution in [3.05, 3.63) is 28.1 Å². The highest BCUT2D eigenvalue weighted by Crippen LogP contribution is 2.13. The van der Waals surface area contributed by atoms with Crippen molar-refractivity contribution in [2.24, 2.45) is 0 Å². The molecule has 0 aliphatic heterocycles. The number of amides is 1. The van der Waals surface area contributed by atoms with Crippen molar-refractivity contribution in [3.63, 3.8) is 0 Å². The molecule has 6 heteroatoms. The van der Waals surface area contributed by atoms with Gasteiger partial charge in [0.2, 0.25) is 5.91 Å². The number of carbonyl (C=O) groups excluding carboxylic acids is 1. The Morgan fingerprint density at radius 1 is 1.56 bits per heavy atom. The van der Waals surface area contributed by atoms with Gasteiger partial charge in [0.25, 0.3) is 5.56 Å². The van der Waals surface area contributed by atoms with Crippen LogP contribution in [0, 0.1) is 0 Å². The number of rotatable bonds is 5. The number of aryl methyl sites for hydroxylation is 1. The summed E-state index contributed by atoms with van der Waals surface area (Å²) >= 11 is 1.44. The molecule has 1 N–H and O–H groups in total. The summed E-state index contributed by atoms with van der Waals surface area (Å²) in [5.74, 6) is -0.0332. The fraction of sp³-hybridized carbons (Fsp3) is 0.417. The van der Waals surface area contributed by atoms with Gasteiger partial charge in [0.05, 0.1) is 11.7 Å². The van der Waals surface area contributed by atoms with Gasteiger partial charge in [0.15, 0.2) is 0 Å². The summed E-state index contributed by atoms with van der Waals surface area (Å²) < 4.78 is 1.49. The van der Waals surface area contributed by atoms with Crippen LogP contribution in [0.25, 0.3) is 10.2 Å². The number of carbonyl (C=O) groups is 1. The third-order valence-electron chi connectivity index (χ3n) is 2.60. The summed E-state index contributed by atoms with van der Waals surface area (Å²) in [4.78, 5) is 28.4. The lowest BCUT2D eigenvalue weighted by Crippen LogP contribution is -2.27. The Morgan fingerprint density at radius 2 is 2.39 bits per heavy atom. The van der Waals surface area contributed by atoms with E-state index in [-0.39, 0.29) is 11.5 Å². The highest BCUT2D eigenvalue weighted by atomic mass is 32.1. The molecule has 0 atom stereocenters. The predicted octanol–water partition coefficient (Wildman–Crippen LogP) is 1.37. The Hall–Kier alpha value is -1.69. The van der Waals surface area contributed by atoms with E-state index in [1.54, 1.807) is 6.07 Å². The molecule has 0 aromatic carbocycles. The first-order valence-electron chi connectivity index (χ1n) is 5.91. The van der Waals surface area contributed by atoms with Gasteiger partial charge in [-0.3, -0.25) is 14.2 Å². The van der Waals surface area contributed by atoms with E-state index >= 15 is 0 Å². The number of fused-ring (bicyclic) bond motifs is 1. The number of hydrogen-bond acceptors (Lipinski definition) is 4. The number of thiophene rings is 1. The van der Waals surface area contributed by atoms with Gasteiger partial charge in [0.1, 0.15) is 4.83 Å². The summed E-state index contributed by atoms with van der Waals surface area (Å²) in [7, 11) is 0. The van der Waals surface area contributed by atoms with Gasteiger partial charge in [-0.05, 0) is 17.9 Å². The first-order valence-corrected chi connectivity index (χ1v) is 6.79. The zero-order valence-corrected chi connectivity index (χ0v) is 11.0. The average molecular weight is 265 g/mol. The van der Waals surface area contributed by atoms with Gasteiger partial charge in [-0.25, -0.2) is 4.98 Å². The highest BCUT2D eigenvalue weighted by molar-refractivity contribution is 7.16. The summed E-state index contributed by atoms with van der Waals surface area (Å²) in [6.07, 6.45) is 2.72. The van der Waals surface area contributed by atoms with Gasteiger partial charge in [-0.1, -0.05) is 6.92 Å². The fourth-order valence-corrected chi connectivity index (χ4v) is 2.35. The molecule has 18 heavy (non-hydrogen) atoms. The van der Waals surface area contributed by atoms with E-state index in [1.165, 1.54) is 22.2 Å². The van der Waals surface area contributed by atoms with Crippen molar-refractivity contribution in [2.45, 2.75) is 26.3 Å². The van der Waals surface area contributed by atoms with Crippen LogP contribution < -0.4 is 10.9 Å². The van der Waals surface area contributed by atoms with E-state index in [4.69, 9.17) is 0 Å². The zero-order valence-electron chi connectivity index (χ0n) is 10.2. The lowest BCUT2D eigenvalue weighted by Gasteiger charge is -2.05. The Labute approximate surface area is 108 Å². The van der Waals surface area contributed by atoms with Gasteiger partial charge in [-0.2, -0.15) is 0 Å². The van der Waals surface area contributed by atoms with Gasteiger partial charge >= 0.3 is 0 Å². The van der Waals surface area contributed by atoms with Gasteiger partial charge < -0.3 is 5.32 Å². The second kappa shape index (κ2) is 5.77. The second-order valence-electron chi connectivity index (χ2n) is 3.98.